The molecule has 0 atom stereocenters. The van der Waals surface area contributed by atoms with E-state index in [0.29, 0.717) is 10.8 Å². The zero-order valence-electron chi connectivity index (χ0n) is 8.83. The van der Waals surface area contributed by atoms with Crippen LogP contribution in [0.1, 0.15) is 5.56 Å². The number of methoxy groups -OCH3 is 1. The quantitative estimate of drug-likeness (QED) is 0.817. The number of nitrogens with two attached hydrogens (primary N) is 1. The van der Waals surface area contributed by atoms with Crippen LogP contribution in [0.3, 0.4) is 0 Å². The average Bonchev–Trinajstić information content (AvgIpc) is 2.28. The Morgan fingerprint density at radius 3 is 2.69 bits per heavy atom. The maximum absolute atomic E-state index is 13.4. The van der Waals surface area contributed by atoms with Crippen LogP contribution in [0.4, 0.5) is 4.39 Å². The molecule has 0 fully saturated rings. The van der Waals surface area contributed by atoms with Crippen molar-refractivity contribution in [3.63, 3.8) is 0 Å². The lowest BCUT2D eigenvalue weighted by Gasteiger charge is -2.09. The van der Waals surface area contributed by atoms with Crippen LogP contribution in [0.15, 0.2) is 24.3 Å². The largest absolute Gasteiger partial charge is 0.507 e. The van der Waals surface area contributed by atoms with Gasteiger partial charge < -0.3 is 15.6 Å². The lowest BCUT2D eigenvalue weighted by atomic mass is 10.0. The van der Waals surface area contributed by atoms with E-state index >= 15 is 0 Å². The summed E-state index contributed by atoms with van der Waals surface area (Å²) in [6.07, 6.45) is 0. The summed E-state index contributed by atoms with van der Waals surface area (Å²) in [4.78, 5) is 0. The van der Waals surface area contributed by atoms with Crippen LogP contribution in [0.5, 0.6) is 11.5 Å². The Balaban J connectivity index is 2.85. The number of halogens is 1. The number of hydrogen-bond acceptors (Lipinski definition) is 3. The highest BCUT2D eigenvalue weighted by atomic mass is 19.1. The molecule has 0 aliphatic rings. The topological polar surface area (TPSA) is 55.5 Å². The minimum Gasteiger partial charge on any atom is -0.507 e. The molecular weight excluding hydrogens is 209 g/mol. The molecule has 0 heterocycles. The van der Waals surface area contributed by atoms with Crippen LogP contribution in [0.2, 0.25) is 0 Å². The van der Waals surface area contributed by atoms with Crippen molar-refractivity contribution in [1.29, 1.82) is 0 Å². The summed E-state index contributed by atoms with van der Waals surface area (Å²) in [6.45, 7) is 0.281. The van der Waals surface area contributed by atoms with Gasteiger partial charge in [0.05, 0.1) is 7.11 Å². The first-order valence-corrected chi connectivity index (χ1v) is 4.85. The zero-order chi connectivity index (χ0) is 11.7. The number of phenolic OH excluding ortho intramolecular Hbond substituents is 1. The van der Waals surface area contributed by atoms with Gasteiger partial charge in [0.15, 0.2) is 11.6 Å². The summed E-state index contributed by atoms with van der Waals surface area (Å²) in [5.74, 6) is -0.247. The summed E-state index contributed by atoms with van der Waals surface area (Å²) < 4.78 is 18.4. The highest BCUT2D eigenvalue weighted by molar-refractivity contribution is 5.93. The smallest absolute Gasteiger partial charge is 0.165 e. The Labute approximate surface area is 92.3 Å². The van der Waals surface area contributed by atoms with E-state index in [1.165, 1.54) is 19.2 Å². The molecule has 0 saturated carbocycles. The van der Waals surface area contributed by atoms with Crippen molar-refractivity contribution in [3.8, 4) is 11.5 Å². The summed E-state index contributed by atoms with van der Waals surface area (Å²) in [6, 6.07) is 6.07. The number of fused-ring (bicyclic) bond motifs is 1. The molecular formula is C12H12FNO2. The lowest BCUT2D eigenvalue weighted by molar-refractivity contribution is 0.391. The predicted octanol–water partition coefficient (Wildman–Crippen LogP) is 2.15. The van der Waals surface area contributed by atoms with E-state index in [2.05, 4.69) is 0 Å². The Morgan fingerprint density at radius 1 is 1.31 bits per heavy atom. The third-order valence-electron chi connectivity index (χ3n) is 2.52. The molecule has 84 valence electrons. The highest BCUT2D eigenvalue weighted by Gasteiger charge is 2.11. The summed E-state index contributed by atoms with van der Waals surface area (Å²) in [5, 5.41) is 10.8. The number of hydrogen-bond donors (Lipinski definition) is 2. The second-order valence-corrected chi connectivity index (χ2v) is 3.49. The first-order valence-electron chi connectivity index (χ1n) is 4.85. The van der Waals surface area contributed by atoms with Crippen molar-refractivity contribution in [1.82, 2.24) is 0 Å². The van der Waals surface area contributed by atoms with Crippen LogP contribution in [-0.4, -0.2) is 12.2 Å². The van der Waals surface area contributed by atoms with E-state index in [-0.39, 0.29) is 18.0 Å². The van der Waals surface area contributed by atoms with Crippen molar-refractivity contribution < 1.29 is 14.2 Å². The fraction of sp³-hybridized carbons (Fsp3) is 0.167. The summed E-state index contributed by atoms with van der Waals surface area (Å²) >= 11 is 0. The van der Waals surface area contributed by atoms with Crippen molar-refractivity contribution in [3.05, 3.63) is 35.6 Å². The van der Waals surface area contributed by atoms with Gasteiger partial charge in [0.1, 0.15) is 5.75 Å². The summed E-state index contributed by atoms with van der Waals surface area (Å²) in [5.41, 5.74) is 6.22. The number of aromatic hydroxyl groups is 1. The van der Waals surface area contributed by atoms with Crippen LogP contribution >= 0.6 is 0 Å². The fourth-order valence-electron chi connectivity index (χ4n) is 1.75. The maximum Gasteiger partial charge on any atom is 0.165 e. The Kier molecular flexibility index (Phi) is 2.66. The molecule has 2 aromatic carbocycles. The van der Waals surface area contributed by atoms with E-state index in [0.717, 1.165) is 5.56 Å². The van der Waals surface area contributed by atoms with Gasteiger partial charge in [0, 0.05) is 17.3 Å². The Hall–Kier alpha value is -1.81. The van der Waals surface area contributed by atoms with Gasteiger partial charge in [-0.25, -0.2) is 4.39 Å². The number of benzene rings is 2. The molecule has 0 unspecified atom stereocenters. The molecule has 0 bridgehead atoms. The van der Waals surface area contributed by atoms with Crippen LogP contribution in [0, 0.1) is 5.82 Å². The van der Waals surface area contributed by atoms with Gasteiger partial charge in [-0.3, -0.25) is 0 Å². The number of phenols is 1. The first-order chi connectivity index (χ1) is 7.67. The third kappa shape index (κ3) is 1.57. The van der Waals surface area contributed by atoms with E-state index < -0.39 is 5.82 Å². The number of ether oxygens (including phenoxy) is 1. The third-order valence-corrected chi connectivity index (χ3v) is 2.52. The van der Waals surface area contributed by atoms with Gasteiger partial charge >= 0.3 is 0 Å². The second kappa shape index (κ2) is 3.98. The Morgan fingerprint density at radius 2 is 2.06 bits per heavy atom. The van der Waals surface area contributed by atoms with Crippen LogP contribution in [0.25, 0.3) is 10.8 Å². The highest BCUT2D eigenvalue weighted by Crippen LogP contribution is 2.34. The normalized spacial score (nSPS) is 10.7. The van der Waals surface area contributed by atoms with E-state index in [9.17, 15) is 9.50 Å². The molecule has 0 aliphatic carbocycles. The van der Waals surface area contributed by atoms with E-state index in [4.69, 9.17) is 10.5 Å². The molecule has 0 radical (unpaired) electrons. The monoisotopic (exact) mass is 221 g/mol. The van der Waals surface area contributed by atoms with Crippen molar-refractivity contribution >= 4 is 10.8 Å². The summed E-state index contributed by atoms with van der Waals surface area (Å²) in [7, 11) is 1.39. The molecule has 2 rings (SSSR count). The van der Waals surface area contributed by atoms with Crippen molar-refractivity contribution in [2.45, 2.75) is 6.54 Å². The standard InChI is InChI=1S/C12H12FNO2/c1-16-12-9-4-7(6-14)5-11(15)8(9)2-3-10(12)13/h2-5,15H,6,14H2,1H3. The molecule has 3 nitrogen and oxygen atoms in total. The molecule has 0 amide bonds. The van der Waals surface area contributed by atoms with Gasteiger partial charge in [0.2, 0.25) is 0 Å². The predicted molar refractivity (Wildman–Crippen MR) is 60.0 cm³/mol. The van der Waals surface area contributed by atoms with E-state index in [1.54, 1.807) is 12.1 Å². The van der Waals surface area contributed by atoms with Crippen molar-refractivity contribution in [2.24, 2.45) is 5.73 Å². The van der Waals surface area contributed by atoms with E-state index in [1.807, 2.05) is 0 Å². The van der Waals surface area contributed by atoms with Gasteiger partial charge in [0.25, 0.3) is 0 Å². The molecule has 4 heteroatoms. The minimum absolute atomic E-state index is 0.0799. The molecule has 0 aliphatic heterocycles. The SMILES string of the molecule is COc1c(F)ccc2c(O)cc(CN)cc12. The molecule has 2 aromatic rings. The minimum atomic E-state index is -0.455. The number of rotatable bonds is 2. The van der Waals surface area contributed by atoms with Gasteiger partial charge in [-0.05, 0) is 29.8 Å². The average molecular weight is 221 g/mol. The van der Waals surface area contributed by atoms with Gasteiger partial charge in [-0.15, -0.1) is 0 Å². The lowest BCUT2D eigenvalue weighted by Crippen LogP contribution is -1.97. The Bertz CT molecular complexity index is 540. The molecule has 0 aromatic heterocycles. The maximum atomic E-state index is 13.4. The molecule has 3 N–H and O–H groups in total. The van der Waals surface area contributed by atoms with Gasteiger partial charge in [-0.1, -0.05) is 0 Å². The molecule has 0 saturated heterocycles. The van der Waals surface area contributed by atoms with Crippen LogP contribution in [-0.2, 0) is 6.54 Å². The zero-order valence-corrected chi connectivity index (χ0v) is 8.83. The molecule has 0 spiro atoms. The second-order valence-electron chi connectivity index (χ2n) is 3.49. The first kappa shape index (κ1) is 10.7. The van der Waals surface area contributed by atoms with Crippen molar-refractivity contribution in [2.75, 3.05) is 7.11 Å². The molecule has 16 heavy (non-hydrogen) atoms. The van der Waals surface area contributed by atoms with Gasteiger partial charge in [-0.2, -0.15) is 0 Å². The van der Waals surface area contributed by atoms with Crippen LogP contribution < -0.4 is 10.5 Å². The fourth-order valence-corrected chi connectivity index (χ4v) is 1.75.